The molecule has 0 aromatic rings. The van der Waals surface area contributed by atoms with Gasteiger partial charge in [-0.2, -0.15) is 0 Å². The van der Waals surface area contributed by atoms with Crippen molar-refractivity contribution in [2.24, 2.45) is 52.3 Å². The van der Waals surface area contributed by atoms with Crippen LogP contribution in [0.5, 0.6) is 0 Å². The van der Waals surface area contributed by atoms with Crippen LogP contribution in [0.2, 0.25) is 0 Å². The van der Waals surface area contributed by atoms with Crippen molar-refractivity contribution in [3.8, 4) is 0 Å². The molecule has 0 aromatic heterocycles. The van der Waals surface area contributed by atoms with Crippen LogP contribution in [0.15, 0.2) is 11.6 Å². The van der Waals surface area contributed by atoms with E-state index in [2.05, 4.69) is 33.8 Å². The van der Waals surface area contributed by atoms with Crippen LogP contribution in [0.1, 0.15) is 91.9 Å². The molecule has 344 valence electrons. The quantitative estimate of drug-likeness (QED) is 0.132. The number of allylic oxidation sites excluding steroid dienone is 1. The summed E-state index contributed by atoms with van der Waals surface area (Å²) in [7, 11) is 1.61. The highest BCUT2D eigenvalue weighted by atomic mass is 16.7. The van der Waals surface area contributed by atoms with Crippen LogP contribution in [0.4, 0.5) is 0 Å². The Bertz CT molecular complexity index is 1470. The van der Waals surface area contributed by atoms with E-state index >= 15 is 0 Å². The summed E-state index contributed by atoms with van der Waals surface area (Å²) in [6.45, 7) is 10.3. The fraction of sp³-hybridized carbons (Fsp3) is 0.956. The van der Waals surface area contributed by atoms with E-state index in [4.69, 9.17) is 37.9 Å². The molecule has 0 radical (unpaired) electrons. The van der Waals surface area contributed by atoms with Crippen molar-refractivity contribution in [2.75, 3.05) is 46.8 Å². The zero-order valence-corrected chi connectivity index (χ0v) is 36.3. The molecule has 7 fully saturated rings. The fourth-order valence-corrected chi connectivity index (χ4v) is 13.6. The van der Waals surface area contributed by atoms with Crippen molar-refractivity contribution in [3.63, 3.8) is 0 Å². The first-order valence-electron chi connectivity index (χ1n) is 23.0. The summed E-state index contributed by atoms with van der Waals surface area (Å²) in [6.07, 6.45) is -1.21. The van der Waals surface area contributed by atoms with E-state index in [9.17, 15) is 35.7 Å². The Morgan fingerprint density at radius 1 is 0.817 bits per heavy atom. The molecule has 4 aliphatic heterocycles. The minimum absolute atomic E-state index is 0.112. The van der Waals surface area contributed by atoms with Gasteiger partial charge in [0.2, 0.25) is 0 Å². The van der Waals surface area contributed by atoms with Crippen LogP contribution in [0.25, 0.3) is 0 Å². The summed E-state index contributed by atoms with van der Waals surface area (Å²) >= 11 is 0. The molecular formula is C45H74O15. The maximum absolute atomic E-state index is 11.0. The Kier molecular flexibility index (Phi) is 13.9. The Balaban J connectivity index is 0.819. The van der Waals surface area contributed by atoms with Gasteiger partial charge in [0.25, 0.3) is 0 Å². The summed E-state index contributed by atoms with van der Waals surface area (Å²) in [5.74, 6) is 3.17. The van der Waals surface area contributed by atoms with Gasteiger partial charge in [-0.05, 0) is 98.2 Å². The number of methoxy groups -OCH3 is 1. The van der Waals surface area contributed by atoms with Gasteiger partial charge in [-0.1, -0.05) is 39.3 Å². The number of rotatable bonds is 13. The van der Waals surface area contributed by atoms with Crippen LogP contribution in [0, 0.1) is 52.3 Å². The molecule has 0 bridgehead atoms. The molecule has 3 saturated carbocycles. The standard InChI is InChI=1S/C45H74O15/c1-23-8-14-45(56-20-23)24(2)34-31(60-45)17-30-28-7-6-26-16-27(9-12-43(26,3)29(28)10-13-44(30,34)4)54-15-11-25(21-53-5)22-55-41-39(52)37(50)40(33(19-47)58-41)59-42-38(51)36(49)35(48)32(18-46)57-42/h6,23-25,27-42,46-52H,7-22H2,1-5H3/t23-,24+,25-,27+,28-,29+,30+,31+,32-,33-,34+,35-,36+,37-,38-,39-,40-,41-,42-,43+,44+,45-/m1/s1. The van der Waals surface area contributed by atoms with E-state index in [-0.39, 0.29) is 29.8 Å². The summed E-state index contributed by atoms with van der Waals surface area (Å²) in [4.78, 5) is 0. The predicted octanol–water partition coefficient (Wildman–Crippen LogP) is 2.03. The summed E-state index contributed by atoms with van der Waals surface area (Å²) < 4.78 is 48.4. The van der Waals surface area contributed by atoms with E-state index in [1.54, 1.807) is 12.7 Å². The molecule has 0 unspecified atom stereocenters. The maximum atomic E-state index is 11.0. The topological polar surface area (TPSA) is 215 Å². The number of ether oxygens (including phenoxy) is 8. The number of aliphatic hydroxyl groups excluding tert-OH is 7. The van der Waals surface area contributed by atoms with Crippen molar-refractivity contribution in [1.82, 2.24) is 0 Å². The summed E-state index contributed by atoms with van der Waals surface area (Å²) in [6, 6.07) is 0. The molecule has 4 aliphatic carbocycles. The summed E-state index contributed by atoms with van der Waals surface area (Å²) in [5.41, 5.74) is 2.06. The second-order valence-corrected chi connectivity index (χ2v) is 20.5. The molecule has 8 aliphatic rings. The lowest BCUT2D eigenvalue weighted by atomic mass is 9.47. The molecule has 1 spiro atoms. The molecule has 0 aromatic carbocycles. The third-order valence-corrected chi connectivity index (χ3v) is 17.1. The number of hydrogen-bond donors (Lipinski definition) is 7. The van der Waals surface area contributed by atoms with Gasteiger partial charge >= 0.3 is 0 Å². The molecular weight excluding hydrogens is 780 g/mol. The minimum Gasteiger partial charge on any atom is -0.394 e. The average Bonchev–Trinajstić information content (AvgIpc) is 3.69. The Labute approximate surface area is 355 Å². The zero-order valence-electron chi connectivity index (χ0n) is 36.3. The first-order chi connectivity index (χ1) is 28.7. The maximum Gasteiger partial charge on any atom is 0.187 e. The second kappa shape index (κ2) is 18.2. The van der Waals surface area contributed by atoms with Gasteiger partial charge in [0.1, 0.15) is 48.8 Å². The summed E-state index contributed by atoms with van der Waals surface area (Å²) in [5, 5.41) is 72.3. The highest BCUT2D eigenvalue weighted by Gasteiger charge is 2.68. The van der Waals surface area contributed by atoms with Gasteiger partial charge in [0, 0.05) is 32.0 Å². The van der Waals surface area contributed by atoms with Gasteiger partial charge in [0.05, 0.1) is 45.2 Å². The van der Waals surface area contributed by atoms with Crippen molar-refractivity contribution >= 4 is 0 Å². The van der Waals surface area contributed by atoms with Gasteiger partial charge in [-0.25, -0.2) is 0 Å². The molecule has 15 heteroatoms. The van der Waals surface area contributed by atoms with E-state index in [1.165, 1.54) is 25.7 Å². The van der Waals surface area contributed by atoms with Crippen molar-refractivity contribution in [3.05, 3.63) is 11.6 Å². The fourth-order valence-electron chi connectivity index (χ4n) is 13.6. The monoisotopic (exact) mass is 855 g/mol. The Morgan fingerprint density at radius 3 is 2.28 bits per heavy atom. The first kappa shape index (κ1) is 45.7. The molecule has 0 amide bonds. The molecule has 22 atom stereocenters. The molecule has 7 N–H and O–H groups in total. The molecule has 15 nitrogen and oxygen atoms in total. The number of aliphatic hydroxyl groups is 7. The Hall–Kier alpha value is -0.860. The van der Waals surface area contributed by atoms with Gasteiger partial charge in [0.15, 0.2) is 18.4 Å². The Morgan fingerprint density at radius 2 is 1.57 bits per heavy atom. The van der Waals surface area contributed by atoms with E-state index < -0.39 is 74.6 Å². The minimum atomic E-state index is -1.74. The van der Waals surface area contributed by atoms with Gasteiger partial charge < -0.3 is 73.6 Å². The highest BCUT2D eigenvalue weighted by Crippen LogP contribution is 2.70. The lowest BCUT2D eigenvalue weighted by Gasteiger charge is -2.58. The van der Waals surface area contributed by atoms with Crippen LogP contribution in [-0.4, -0.2) is 162 Å². The van der Waals surface area contributed by atoms with Gasteiger partial charge in [-0.15, -0.1) is 0 Å². The lowest BCUT2D eigenvalue weighted by molar-refractivity contribution is -0.360. The third kappa shape index (κ3) is 8.10. The van der Waals surface area contributed by atoms with Crippen LogP contribution in [0.3, 0.4) is 0 Å². The lowest BCUT2D eigenvalue weighted by Crippen LogP contribution is -2.64. The molecule has 4 heterocycles. The van der Waals surface area contributed by atoms with E-state index in [0.717, 1.165) is 38.7 Å². The highest BCUT2D eigenvalue weighted by molar-refractivity contribution is 5.26. The third-order valence-electron chi connectivity index (χ3n) is 17.1. The first-order valence-corrected chi connectivity index (χ1v) is 23.0. The number of hydrogen-bond acceptors (Lipinski definition) is 15. The van der Waals surface area contributed by atoms with Crippen LogP contribution < -0.4 is 0 Å². The van der Waals surface area contributed by atoms with Crippen LogP contribution in [-0.2, 0) is 37.9 Å². The molecule has 8 rings (SSSR count). The zero-order chi connectivity index (χ0) is 42.7. The molecule has 4 saturated heterocycles. The average molecular weight is 855 g/mol. The molecule has 60 heavy (non-hydrogen) atoms. The normalized spacial score (nSPS) is 52.0. The smallest absolute Gasteiger partial charge is 0.187 e. The van der Waals surface area contributed by atoms with Crippen molar-refractivity contribution < 1.29 is 73.6 Å². The SMILES string of the molecule is COC[C@@H](CCO[C@H]1CC[C@@]2(C)C(=CC[C@H]3[C@@H]4C[C@@H]5O[C@]6(CC[C@@H](C)CO6)[C@@H](C)[C@@H]5[C@@]4(C)CC[C@@H]32)C1)CO[C@@H]1O[C@H](CO)[C@@H](O[C@H]2O[C@H](CO)[C@@H](O)[C@H](O)[C@H]2O)[C@H](O)[C@H]1O. The predicted molar refractivity (Wildman–Crippen MR) is 214 cm³/mol. The largest absolute Gasteiger partial charge is 0.394 e. The van der Waals surface area contributed by atoms with E-state index in [1.807, 2.05) is 0 Å². The van der Waals surface area contributed by atoms with Crippen molar-refractivity contribution in [2.45, 2.75) is 171 Å². The van der Waals surface area contributed by atoms with Crippen molar-refractivity contribution in [1.29, 1.82) is 0 Å². The van der Waals surface area contributed by atoms with E-state index in [0.29, 0.717) is 66.7 Å². The number of fused-ring (bicyclic) bond motifs is 7. The van der Waals surface area contributed by atoms with Gasteiger partial charge in [-0.3, -0.25) is 0 Å². The second-order valence-electron chi connectivity index (χ2n) is 20.5. The van der Waals surface area contributed by atoms with Crippen LogP contribution >= 0.6 is 0 Å².